The number of imidazole rings is 1. The van der Waals surface area contributed by atoms with E-state index in [1.54, 1.807) is 4.57 Å². The van der Waals surface area contributed by atoms with Gasteiger partial charge in [0, 0.05) is 19.2 Å². The van der Waals surface area contributed by atoms with Crippen LogP contribution in [0.5, 0.6) is 0 Å². The molecule has 4 nitrogen and oxygen atoms in total. The lowest BCUT2D eigenvalue weighted by Gasteiger charge is -2.15. The van der Waals surface area contributed by atoms with E-state index in [4.69, 9.17) is 23.8 Å². The van der Waals surface area contributed by atoms with Crippen molar-refractivity contribution in [2.24, 2.45) is 0 Å². The Labute approximate surface area is 125 Å². The molecule has 0 unspecified atom stereocenters. The lowest BCUT2D eigenvalue weighted by molar-refractivity contribution is -0.130. The SMILES string of the molecule is O=C(Cn1c(=S)[nH]c2cc(F)c(Cl)cc21)N1CCCC1. The molecule has 0 aliphatic carbocycles. The third kappa shape index (κ3) is 2.33. The normalized spacial score (nSPS) is 15.2. The molecule has 20 heavy (non-hydrogen) atoms. The quantitative estimate of drug-likeness (QED) is 0.866. The molecule has 1 aliphatic rings. The van der Waals surface area contributed by atoms with Gasteiger partial charge in [-0.05, 0) is 31.1 Å². The molecule has 0 bridgehead atoms. The zero-order valence-electron chi connectivity index (χ0n) is 10.7. The molecule has 2 aromatic rings. The van der Waals surface area contributed by atoms with Crippen LogP contribution in [0.1, 0.15) is 12.8 Å². The van der Waals surface area contributed by atoms with Crippen molar-refractivity contribution in [2.75, 3.05) is 13.1 Å². The Morgan fingerprint density at radius 3 is 2.80 bits per heavy atom. The number of nitrogens with one attached hydrogen (secondary N) is 1. The first kappa shape index (κ1) is 13.6. The zero-order chi connectivity index (χ0) is 14.3. The third-order valence-corrected chi connectivity index (χ3v) is 4.18. The number of amides is 1. The van der Waals surface area contributed by atoms with Gasteiger partial charge in [0.15, 0.2) is 4.77 Å². The molecular weight excluding hydrogens is 301 g/mol. The predicted molar refractivity (Wildman–Crippen MR) is 77.9 cm³/mol. The summed E-state index contributed by atoms with van der Waals surface area (Å²) in [5.41, 5.74) is 1.19. The standard InChI is InChI=1S/C13H13ClFN3OS/c14-8-5-11-10(6-9(8)15)16-13(20)18(11)7-12(19)17-3-1-2-4-17/h5-6H,1-4,7H2,(H,16,20). The summed E-state index contributed by atoms with van der Waals surface area (Å²) < 4.78 is 15.5. The maximum atomic E-state index is 13.4. The van der Waals surface area contributed by atoms with E-state index in [0.29, 0.717) is 15.8 Å². The molecule has 0 saturated carbocycles. The average molecular weight is 314 g/mol. The number of hydrogen-bond acceptors (Lipinski definition) is 2. The van der Waals surface area contributed by atoms with Gasteiger partial charge in [-0.3, -0.25) is 4.79 Å². The van der Waals surface area contributed by atoms with Crippen LogP contribution in [0, 0.1) is 10.6 Å². The number of carbonyl (C=O) groups is 1. The molecule has 3 rings (SSSR count). The summed E-state index contributed by atoms with van der Waals surface area (Å²) in [6.45, 7) is 1.74. The van der Waals surface area contributed by atoms with E-state index >= 15 is 0 Å². The van der Waals surface area contributed by atoms with Crippen molar-refractivity contribution in [2.45, 2.75) is 19.4 Å². The molecule has 2 heterocycles. The highest BCUT2D eigenvalue weighted by Crippen LogP contribution is 2.23. The summed E-state index contributed by atoms with van der Waals surface area (Å²) >= 11 is 11.0. The first-order valence-electron chi connectivity index (χ1n) is 6.41. The van der Waals surface area contributed by atoms with Crippen LogP contribution in [0.2, 0.25) is 5.02 Å². The number of aromatic amines is 1. The van der Waals surface area contributed by atoms with Crippen molar-refractivity contribution in [1.29, 1.82) is 0 Å². The molecule has 1 N–H and O–H groups in total. The van der Waals surface area contributed by atoms with Crippen LogP contribution in [0.4, 0.5) is 4.39 Å². The Kier molecular flexibility index (Phi) is 3.52. The van der Waals surface area contributed by atoms with Gasteiger partial charge >= 0.3 is 0 Å². The van der Waals surface area contributed by atoms with Crippen LogP contribution in [0.15, 0.2) is 12.1 Å². The van der Waals surface area contributed by atoms with E-state index in [-0.39, 0.29) is 17.5 Å². The van der Waals surface area contributed by atoms with E-state index in [0.717, 1.165) is 25.9 Å². The van der Waals surface area contributed by atoms with Crippen LogP contribution >= 0.6 is 23.8 Å². The van der Waals surface area contributed by atoms with Gasteiger partial charge in [0.25, 0.3) is 0 Å². The van der Waals surface area contributed by atoms with Gasteiger partial charge in [0.2, 0.25) is 5.91 Å². The molecule has 1 aromatic heterocycles. The molecule has 0 atom stereocenters. The second-order valence-electron chi connectivity index (χ2n) is 4.89. The van der Waals surface area contributed by atoms with Crippen LogP contribution < -0.4 is 0 Å². The molecule has 7 heteroatoms. The van der Waals surface area contributed by atoms with Gasteiger partial charge in [-0.25, -0.2) is 4.39 Å². The number of benzene rings is 1. The molecule has 106 valence electrons. The zero-order valence-corrected chi connectivity index (χ0v) is 12.2. The summed E-state index contributed by atoms with van der Waals surface area (Å²) in [6.07, 6.45) is 2.09. The lowest BCUT2D eigenvalue weighted by atomic mass is 10.3. The minimum Gasteiger partial charge on any atom is -0.341 e. The van der Waals surface area contributed by atoms with Crippen molar-refractivity contribution in [3.8, 4) is 0 Å². The Morgan fingerprint density at radius 2 is 2.10 bits per heavy atom. The maximum absolute atomic E-state index is 13.4. The first-order chi connectivity index (χ1) is 9.56. The molecule has 1 amide bonds. The Morgan fingerprint density at radius 1 is 1.40 bits per heavy atom. The topological polar surface area (TPSA) is 41.0 Å². The third-order valence-electron chi connectivity index (χ3n) is 3.57. The number of likely N-dealkylation sites (tertiary alicyclic amines) is 1. The lowest BCUT2D eigenvalue weighted by Crippen LogP contribution is -2.31. The number of H-pyrrole nitrogens is 1. The second kappa shape index (κ2) is 5.18. The van der Waals surface area contributed by atoms with Crippen molar-refractivity contribution >= 4 is 40.8 Å². The summed E-state index contributed by atoms with van der Waals surface area (Å²) in [5, 5.41) is 0.0221. The van der Waals surface area contributed by atoms with E-state index in [2.05, 4.69) is 4.98 Å². The maximum Gasteiger partial charge on any atom is 0.242 e. The average Bonchev–Trinajstić information content (AvgIpc) is 3.01. The number of rotatable bonds is 2. The molecule has 1 aliphatic heterocycles. The molecule has 1 fully saturated rings. The highest BCUT2D eigenvalue weighted by atomic mass is 35.5. The second-order valence-corrected chi connectivity index (χ2v) is 5.68. The highest BCUT2D eigenvalue weighted by molar-refractivity contribution is 7.71. The summed E-state index contributed by atoms with van der Waals surface area (Å²) in [4.78, 5) is 16.9. The van der Waals surface area contributed by atoms with Gasteiger partial charge in [-0.15, -0.1) is 0 Å². The summed E-state index contributed by atoms with van der Waals surface area (Å²) in [5.74, 6) is -0.478. The van der Waals surface area contributed by atoms with Crippen molar-refractivity contribution in [3.05, 3.63) is 27.7 Å². The predicted octanol–water partition coefficient (Wildman–Crippen LogP) is 3.11. The Balaban J connectivity index is 1.98. The largest absolute Gasteiger partial charge is 0.341 e. The number of hydrogen-bond donors (Lipinski definition) is 1. The van der Waals surface area contributed by atoms with E-state index in [9.17, 15) is 9.18 Å². The fourth-order valence-electron chi connectivity index (χ4n) is 2.51. The van der Waals surface area contributed by atoms with E-state index in [1.807, 2.05) is 4.90 Å². The fourth-order valence-corrected chi connectivity index (χ4v) is 2.94. The minimum atomic E-state index is -0.506. The summed E-state index contributed by atoms with van der Waals surface area (Å²) in [6, 6.07) is 2.79. The molecule has 0 spiro atoms. The van der Waals surface area contributed by atoms with Gasteiger partial charge in [-0.1, -0.05) is 11.6 Å². The van der Waals surface area contributed by atoms with Crippen LogP contribution in [-0.2, 0) is 11.3 Å². The van der Waals surface area contributed by atoms with Crippen molar-refractivity contribution in [3.63, 3.8) is 0 Å². The Hall–Kier alpha value is -1.40. The van der Waals surface area contributed by atoms with Crippen molar-refractivity contribution < 1.29 is 9.18 Å². The number of nitrogens with zero attached hydrogens (tertiary/aromatic N) is 2. The van der Waals surface area contributed by atoms with E-state index < -0.39 is 5.82 Å². The number of carbonyl (C=O) groups excluding carboxylic acids is 1. The van der Waals surface area contributed by atoms with Crippen molar-refractivity contribution in [1.82, 2.24) is 14.5 Å². The van der Waals surface area contributed by atoms with Crippen LogP contribution in [0.25, 0.3) is 11.0 Å². The van der Waals surface area contributed by atoms with Crippen LogP contribution in [-0.4, -0.2) is 33.4 Å². The monoisotopic (exact) mass is 313 g/mol. The number of fused-ring (bicyclic) bond motifs is 1. The van der Waals surface area contributed by atoms with Gasteiger partial charge in [0.05, 0.1) is 16.1 Å². The first-order valence-corrected chi connectivity index (χ1v) is 7.20. The fraction of sp³-hybridized carbons (Fsp3) is 0.385. The smallest absolute Gasteiger partial charge is 0.242 e. The van der Waals surface area contributed by atoms with E-state index in [1.165, 1.54) is 12.1 Å². The minimum absolute atomic E-state index is 0.0221. The molecule has 1 saturated heterocycles. The molecule has 1 aromatic carbocycles. The molecular formula is C13H13ClFN3OS. The van der Waals surface area contributed by atoms with Gasteiger partial charge in [-0.2, -0.15) is 0 Å². The van der Waals surface area contributed by atoms with Gasteiger partial charge in [0.1, 0.15) is 12.4 Å². The number of halogens is 2. The molecule has 0 radical (unpaired) electrons. The van der Waals surface area contributed by atoms with Crippen LogP contribution in [0.3, 0.4) is 0 Å². The summed E-state index contributed by atoms with van der Waals surface area (Å²) in [7, 11) is 0. The number of aromatic nitrogens is 2. The van der Waals surface area contributed by atoms with Gasteiger partial charge < -0.3 is 14.5 Å². The highest BCUT2D eigenvalue weighted by Gasteiger charge is 2.19. The Bertz CT molecular complexity index is 733.